The third-order valence-electron chi connectivity index (χ3n) is 3.09. The number of aromatic nitrogens is 2. The summed E-state index contributed by atoms with van der Waals surface area (Å²) in [6.07, 6.45) is 1.28. The molecule has 0 aliphatic carbocycles. The number of nitrogens with zero attached hydrogens (tertiary/aromatic N) is 2. The van der Waals surface area contributed by atoms with Gasteiger partial charge in [-0.05, 0) is 45.6 Å². The Morgan fingerprint density at radius 1 is 1.23 bits per heavy atom. The summed E-state index contributed by atoms with van der Waals surface area (Å²) in [7, 11) is 1.62. The Balaban J connectivity index is 2.49. The van der Waals surface area contributed by atoms with Crippen molar-refractivity contribution in [1.82, 2.24) is 4.98 Å². The minimum Gasteiger partial charge on any atom is -0.496 e. The molecule has 0 amide bonds. The second-order valence-electron chi connectivity index (χ2n) is 4.97. The van der Waals surface area contributed by atoms with Crippen LogP contribution in [0.4, 0.5) is 11.8 Å². The fourth-order valence-corrected chi connectivity index (χ4v) is 2.58. The van der Waals surface area contributed by atoms with Gasteiger partial charge in [0.05, 0.1) is 10.7 Å². The summed E-state index contributed by atoms with van der Waals surface area (Å²) in [4.78, 5) is 3.82. The zero-order chi connectivity index (χ0) is 16.4. The third kappa shape index (κ3) is 3.26. The quantitative estimate of drug-likeness (QED) is 0.401. The predicted molar refractivity (Wildman–Crippen MR) is 90.3 cm³/mol. The standard InChI is InChI=1S/C14H17IN4O3/c1-7(2)8-4-11(21-3)9(15)5-10(8)22-12-6-19(20)14(17)18-13(12)16/h4-7,20H,1-3H3,(H3,16,17,18)/p+1. The Morgan fingerprint density at radius 2 is 1.91 bits per heavy atom. The van der Waals surface area contributed by atoms with Crippen molar-refractivity contribution < 1.29 is 19.4 Å². The van der Waals surface area contributed by atoms with Crippen molar-refractivity contribution in [1.29, 1.82) is 0 Å². The highest BCUT2D eigenvalue weighted by Gasteiger charge is 2.19. The lowest BCUT2D eigenvalue weighted by Crippen LogP contribution is -2.35. The number of benzene rings is 1. The Kier molecular flexibility index (Phi) is 4.79. The van der Waals surface area contributed by atoms with Crippen LogP contribution in [0.25, 0.3) is 0 Å². The van der Waals surface area contributed by atoms with Gasteiger partial charge in [-0.1, -0.05) is 18.6 Å². The number of rotatable bonds is 4. The molecule has 22 heavy (non-hydrogen) atoms. The number of halogens is 1. The average molecular weight is 417 g/mol. The van der Waals surface area contributed by atoms with Gasteiger partial charge in [0.1, 0.15) is 11.5 Å². The SMILES string of the molecule is COc1cc(C(C)C)c(Oc2c[n+](O)c(N)nc2N)cc1I. The van der Waals surface area contributed by atoms with Crippen molar-refractivity contribution in [3.05, 3.63) is 27.5 Å². The van der Waals surface area contributed by atoms with E-state index in [4.69, 9.17) is 20.9 Å². The molecule has 0 fully saturated rings. The fourth-order valence-electron chi connectivity index (χ4n) is 1.92. The molecule has 0 unspecified atom stereocenters. The van der Waals surface area contributed by atoms with Crippen LogP contribution in [0, 0.1) is 3.57 Å². The van der Waals surface area contributed by atoms with Gasteiger partial charge in [-0.15, -0.1) is 0 Å². The lowest BCUT2D eigenvalue weighted by Gasteiger charge is -2.16. The first-order chi connectivity index (χ1) is 10.3. The zero-order valence-corrected chi connectivity index (χ0v) is 14.7. The van der Waals surface area contributed by atoms with Gasteiger partial charge in [-0.3, -0.25) is 5.73 Å². The van der Waals surface area contributed by atoms with Crippen LogP contribution in [-0.4, -0.2) is 17.3 Å². The van der Waals surface area contributed by atoms with E-state index in [1.54, 1.807) is 7.11 Å². The molecule has 0 spiro atoms. The fraction of sp³-hybridized carbons (Fsp3) is 0.286. The smallest absolute Gasteiger partial charge is 0.428 e. The molecule has 1 aromatic heterocycles. The van der Waals surface area contributed by atoms with Gasteiger partial charge >= 0.3 is 5.95 Å². The molecule has 0 aliphatic rings. The van der Waals surface area contributed by atoms with Gasteiger partial charge in [-0.2, -0.15) is 0 Å². The summed E-state index contributed by atoms with van der Waals surface area (Å²) in [6.45, 7) is 4.09. The Hall–Kier alpha value is -1.97. The molecule has 1 heterocycles. The average Bonchev–Trinajstić information content (AvgIpc) is 2.44. The molecule has 0 saturated heterocycles. The molecular formula is C14H18IN4O3+. The van der Waals surface area contributed by atoms with Crippen molar-refractivity contribution in [2.45, 2.75) is 19.8 Å². The maximum absolute atomic E-state index is 9.59. The lowest BCUT2D eigenvalue weighted by atomic mass is 10.0. The summed E-state index contributed by atoms with van der Waals surface area (Å²) in [5.41, 5.74) is 12.2. The van der Waals surface area contributed by atoms with E-state index in [2.05, 4.69) is 27.6 Å². The molecule has 8 heteroatoms. The maximum atomic E-state index is 9.59. The number of nitrogen functional groups attached to an aromatic ring is 2. The molecule has 0 bridgehead atoms. The second kappa shape index (κ2) is 6.42. The van der Waals surface area contributed by atoms with Crippen molar-refractivity contribution in [2.75, 3.05) is 18.6 Å². The lowest BCUT2D eigenvalue weighted by molar-refractivity contribution is -0.895. The summed E-state index contributed by atoms with van der Waals surface area (Å²) < 4.78 is 12.7. The number of hydrogen-bond donors (Lipinski definition) is 3. The highest BCUT2D eigenvalue weighted by molar-refractivity contribution is 14.1. The minimum absolute atomic E-state index is 0.100. The first-order valence-corrected chi connectivity index (χ1v) is 7.63. The molecular weight excluding hydrogens is 399 g/mol. The number of nitrogens with two attached hydrogens (primary N) is 2. The van der Waals surface area contributed by atoms with Crippen molar-refractivity contribution >= 4 is 34.4 Å². The van der Waals surface area contributed by atoms with E-state index in [-0.39, 0.29) is 23.4 Å². The summed E-state index contributed by atoms with van der Waals surface area (Å²) in [5, 5.41) is 9.59. The first-order valence-electron chi connectivity index (χ1n) is 6.55. The number of methoxy groups -OCH3 is 1. The van der Waals surface area contributed by atoms with E-state index in [0.29, 0.717) is 10.5 Å². The van der Waals surface area contributed by atoms with Gasteiger partial charge in [0.2, 0.25) is 11.6 Å². The van der Waals surface area contributed by atoms with Gasteiger partial charge in [0.25, 0.3) is 0 Å². The van der Waals surface area contributed by atoms with Crippen molar-refractivity contribution in [2.24, 2.45) is 0 Å². The number of ether oxygens (including phenoxy) is 2. The van der Waals surface area contributed by atoms with Crippen LogP contribution in [0.1, 0.15) is 25.3 Å². The molecule has 0 atom stereocenters. The third-order valence-corrected chi connectivity index (χ3v) is 3.93. The van der Waals surface area contributed by atoms with E-state index in [9.17, 15) is 5.21 Å². The number of anilines is 2. The monoisotopic (exact) mass is 417 g/mol. The summed E-state index contributed by atoms with van der Waals surface area (Å²) in [6, 6.07) is 3.78. The molecule has 0 aliphatic heterocycles. The zero-order valence-electron chi connectivity index (χ0n) is 12.5. The van der Waals surface area contributed by atoms with E-state index in [1.807, 2.05) is 26.0 Å². The molecule has 5 N–H and O–H groups in total. The van der Waals surface area contributed by atoms with Crippen LogP contribution in [0.15, 0.2) is 18.3 Å². The molecule has 1 aromatic carbocycles. The van der Waals surface area contributed by atoms with E-state index in [0.717, 1.165) is 14.9 Å². The molecule has 7 nitrogen and oxygen atoms in total. The molecule has 2 aromatic rings. The highest BCUT2D eigenvalue weighted by Crippen LogP contribution is 2.37. The summed E-state index contributed by atoms with van der Waals surface area (Å²) >= 11 is 2.16. The van der Waals surface area contributed by atoms with E-state index < -0.39 is 0 Å². The first kappa shape index (κ1) is 16.4. The molecule has 2 rings (SSSR count). The minimum atomic E-state index is -0.113. The Bertz CT molecular complexity index is 707. The maximum Gasteiger partial charge on any atom is 0.428 e. The van der Waals surface area contributed by atoms with Crippen LogP contribution in [-0.2, 0) is 0 Å². The van der Waals surface area contributed by atoms with E-state index >= 15 is 0 Å². The molecule has 118 valence electrons. The number of hydrogen-bond acceptors (Lipinski definition) is 6. The summed E-state index contributed by atoms with van der Waals surface area (Å²) in [5.74, 6) is 1.82. The molecule has 0 radical (unpaired) electrons. The van der Waals surface area contributed by atoms with Crippen molar-refractivity contribution in [3.8, 4) is 17.2 Å². The van der Waals surface area contributed by atoms with Gasteiger partial charge in [-0.25, -0.2) is 0 Å². The Labute approximate surface area is 142 Å². The topological polar surface area (TPSA) is 108 Å². The molecule has 0 saturated carbocycles. The normalized spacial score (nSPS) is 10.8. The largest absolute Gasteiger partial charge is 0.496 e. The Morgan fingerprint density at radius 3 is 2.50 bits per heavy atom. The van der Waals surface area contributed by atoms with Crippen LogP contribution in [0.3, 0.4) is 0 Å². The highest BCUT2D eigenvalue weighted by atomic mass is 127. The van der Waals surface area contributed by atoms with Crippen LogP contribution in [0.2, 0.25) is 0 Å². The van der Waals surface area contributed by atoms with E-state index in [1.165, 1.54) is 6.20 Å². The van der Waals surface area contributed by atoms with Crippen LogP contribution < -0.4 is 25.7 Å². The predicted octanol–water partition coefficient (Wildman–Crippen LogP) is 2.30. The van der Waals surface area contributed by atoms with Gasteiger partial charge in [0, 0.05) is 5.56 Å². The van der Waals surface area contributed by atoms with Crippen LogP contribution >= 0.6 is 22.6 Å². The van der Waals surface area contributed by atoms with Crippen molar-refractivity contribution in [3.63, 3.8) is 0 Å². The van der Waals surface area contributed by atoms with Gasteiger partial charge in [0.15, 0.2) is 6.20 Å². The van der Waals surface area contributed by atoms with Gasteiger partial charge < -0.3 is 20.4 Å². The van der Waals surface area contributed by atoms with Crippen LogP contribution in [0.5, 0.6) is 17.2 Å². The second-order valence-corrected chi connectivity index (χ2v) is 6.14.